The number of halogens is 1. The molecule has 5 heteroatoms. The fourth-order valence-corrected chi connectivity index (χ4v) is 1.77. The third kappa shape index (κ3) is 1.82. The predicted octanol–water partition coefficient (Wildman–Crippen LogP) is 1.87. The van der Waals surface area contributed by atoms with Gasteiger partial charge in [0.1, 0.15) is 5.82 Å². The summed E-state index contributed by atoms with van der Waals surface area (Å²) in [5.41, 5.74) is 1.37. The molecule has 1 aromatic carbocycles. The van der Waals surface area contributed by atoms with Gasteiger partial charge in [0.2, 0.25) is 11.7 Å². The van der Waals surface area contributed by atoms with E-state index in [2.05, 4.69) is 15.5 Å². The zero-order chi connectivity index (χ0) is 11.8. The normalized spacial score (nSPS) is 15.9. The van der Waals surface area contributed by atoms with Crippen molar-refractivity contribution in [2.45, 2.75) is 12.8 Å². The van der Waals surface area contributed by atoms with E-state index in [1.165, 1.54) is 6.07 Å². The van der Waals surface area contributed by atoms with Gasteiger partial charge in [-0.15, -0.1) is 0 Å². The Morgan fingerprint density at radius 3 is 2.88 bits per heavy atom. The van der Waals surface area contributed by atoms with Gasteiger partial charge >= 0.3 is 0 Å². The van der Waals surface area contributed by atoms with Crippen LogP contribution in [0.3, 0.4) is 0 Å². The molecule has 1 aliphatic rings. The van der Waals surface area contributed by atoms with Crippen LogP contribution in [0.4, 0.5) is 4.39 Å². The third-order valence-corrected chi connectivity index (χ3v) is 2.99. The van der Waals surface area contributed by atoms with Gasteiger partial charge in [0.25, 0.3) is 0 Å². The van der Waals surface area contributed by atoms with Crippen LogP contribution in [0.15, 0.2) is 22.7 Å². The lowest BCUT2D eigenvalue weighted by atomic mass is 10.0. The molecule has 2 heterocycles. The van der Waals surface area contributed by atoms with E-state index >= 15 is 0 Å². The Morgan fingerprint density at radius 2 is 2.24 bits per heavy atom. The molecule has 0 saturated carbocycles. The summed E-state index contributed by atoms with van der Waals surface area (Å²) in [6.45, 7) is 3.48. The van der Waals surface area contributed by atoms with Gasteiger partial charge in [0.15, 0.2) is 0 Å². The van der Waals surface area contributed by atoms with Gasteiger partial charge in [-0.05, 0) is 30.7 Å². The summed E-state index contributed by atoms with van der Waals surface area (Å²) >= 11 is 0. The van der Waals surface area contributed by atoms with Crippen molar-refractivity contribution >= 4 is 0 Å². The first kappa shape index (κ1) is 10.4. The highest BCUT2D eigenvalue weighted by Gasteiger charge is 2.25. The van der Waals surface area contributed by atoms with Gasteiger partial charge in [0, 0.05) is 18.7 Å². The number of aromatic nitrogens is 2. The quantitative estimate of drug-likeness (QED) is 0.860. The lowest BCUT2D eigenvalue weighted by Gasteiger charge is -2.22. The molecule has 0 unspecified atom stereocenters. The van der Waals surface area contributed by atoms with Crippen molar-refractivity contribution in [2.24, 2.45) is 0 Å². The van der Waals surface area contributed by atoms with Crippen LogP contribution in [0.1, 0.15) is 17.4 Å². The Kier molecular flexibility index (Phi) is 2.40. The minimum atomic E-state index is -0.222. The van der Waals surface area contributed by atoms with Crippen molar-refractivity contribution in [1.82, 2.24) is 15.5 Å². The summed E-state index contributed by atoms with van der Waals surface area (Å²) in [4.78, 5) is 4.33. The molecule has 1 fully saturated rings. The molecule has 0 aliphatic carbocycles. The summed E-state index contributed by atoms with van der Waals surface area (Å²) in [6, 6.07) is 4.81. The molecule has 0 radical (unpaired) electrons. The van der Waals surface area contributed by atoms with E-state index in [0.29, 0.717) is 23.2 Å². The molecular weight excluding hydrogens is 221 g/mol. The molecule has 1 aromatic heterocycles. The highest BCUT2D eigenvalue weighted by atomic mass is 19.1. The van der Waals surface area contributed by atoms with Gasteiger partial charge < -0.3 is 9.84 Å². The molecule has 3 rings (SSSR count). The molecule has 88 valence electrons. The number of hydrogen-bond acceptors (Lipinski definition) is 4. The molecule has 2 aromatic rings. The van der Waals surface area contributed by atoms with Crippen LogP contribution in [0.2, 0.25) is 0 Å². The molecule has 0 spiro atoms. The number of rotatable bonds is 2. The third-order valence-electron chi connectivity index (χ3n) is 2.99. The minimum Gasteiger partial charge on any atom is -0.339 e. The fraction of sp³-hybridized carbons (Fsp3) is 0.333. The zero-order valence-corrected chi connectivity index (χ0v) is 9.40. The second-order valence-corrected chi connectivity index (χ2v) is 4.28. The van der Waals surface area contributed by atoms with Crippen molar-refractivity contribution in [3.8, 4) is 11.4 Å². The number of aryl methyl sites for hydroxylation is 1. The smallest absolute Gasteiger partial charge is 0.232 e. The van der Waals surface area contributed by atoms with Crippen LogP contribution in [0.5, 0.6) is 0 Å². The van der Waals surface area contributed by atoms with Crippen molar-refractivity contribution in [2.75, 3.05) is 13.1 Å². The minimum absolute atomic E-state index is 0.222. The first-order valence-electron chi connectivity index (χ1n) is 5.55. The van der Waals surface area contributed by atoms with Crippen molar-refractivity contribution < 1.29 is 8.91 Å². The highest BCUT2D eigenvalue weighted by Crippen LogP contribution is 2.23. The van der Waals surface area contributed by atoms with Gasteiger partial charge in [-0.25, -0.2) is 4.39 Å². The number of nitrogens with one attached hydrogen (secondary N) is 1. The summed E-state index contributed by atoms with van der Waals surface area (Å²) < 4.78 is 18.3. The highest BCUT2D eigenvalue weighted by molar-refractivity contribution is 5.55. The van der Waals surface area contributed by atoms with Crippen molar-refractivity contribution in [1.29, 1.82) is 0 Å². The summed E-state index contributed by atoms with van der Waals surface area (Å²) in [5.74, 6) is 1.27. The van der Waals surface area contributed by atoms with Gasteiger partial charge in [-0.1, -0.05) is 5.16 Å². The number of nitrogens with zero attached hydrogens (tertiary/aromatic N) is 2. The second-order valence-electron chi connectivity index (χ2n) is 4.28. The molecule has 1 N–H and O–H groups in total. The van der Waals surface area contributed by atoms with E-state index in [9.17, 15) is 4.39 Å². The molecule has 0 atom stereocenters. The standard InChI is InChI=1S/C12H12FN3O/c1-7-4-8(2-3-10(7)13)11-15-12(17-16-11)9-5-14-6-9/h2-4,9,14H,5-6H2,1H3. The topological polar surface area (TPSA) is 51.0 Å². The zero-order valence-electron chi connectivity index (χ0n) is 9.40. The van der Waals surface area contributed by atoms with E-state index in [1.807, 2.05) is 0 Å². The van der Waals surface area contributed by atoms with Crippen LogP contribution in [-0.4, -0.2) is 23.2 Å². The van der Waals surface area contributed by atoms with Crippen LogP contribution < -0.4 is 5.32 Å². The van der Waals surface area contributed by atoms with Crippen LogP contribution in [0.25, 0.3) is 11.4 Å². The molecule has 0 bridgehead atoms. The van der Waals surface area contributed by atoms with Crippen molar-refractivity contribution in [3.05, 3.63) is 35.5 Å². The van der Waals surface area contributed by atoms with E-state index in [1.54, 1.807) is 19.1 Å². The Morgan fingerprint density at radius 1 is 1.41 bits per heavy atom. The molecule has 1 saturated heterocycles. The molecule has 4 nitrogen and oxygen atoms in total. The van der Waals surface area contributed by atoms with Gasteiger partial charge in [-0.3, -0.25) is 0 Å². The SMILES string of the molecule is Cc1cc(-c2noc(C3CNC3)n2)ccc1F. The Hall–Kier alpha value is -1.75. The summed E-state index contributed by atoms with van der Waals surface area (Å²) in [7, 11) is 0. The number of hydrogen-bond donors (Lipinski definition) is 1. The largest absolute Gasteiger partial charge is 0.339 e. The average Bonchev–Trinajstić information content (AvgIpc) is 2.69. The second kappa shape index (κ2) is 3.92. The average molecular weight is 233 g/mol. The molecule has 17 heavy (non-hydrogen) atoms. The first-order chi connectivity index (χ1) is 8.24. The lowest BCUT2D eigenvalue weighted by molar-refractivity contribution is 0.308. The molecular formula is C12H12FN3O. The lowest BCUT2D eigenvalue weighted by Crippen LogP contribution is -2.40. The monoisotopic (exact) mass is 233 g/mol. The van der Waals surface area contributed by atoms with Gasteiger partial charge in [-0.2, -0.15) is 4.98 Å². The van der Waals surface area contributed by atoms with E-state index in [-0.39, 0.29) is 5.82 Å². The predicted molar refractivity (Wildman–Crippen MR) is 60.0 cm³/mol. The Bertz CT molecular complexity index is 548. The number of benzene rings is 1. The van der Waals surface area contributed by atoms with E-state index < -0.39 is 0 Å². The van der Waals surface area contributed by atoms with Crippen molar-refractivity contribution in [3.63, 3.8) is 0 Å². The first-order valence-corrected chi connectivity index (χ1v) is 5.55. The van der Waals surface area contributed by atoms with E-state index in [0.717, 1.165) is 18.7 Å². The summed E-state index contributed by atoms with van der Waals surface area (Å²) in [5, 5.41) is 7.07. The Balaban J connectivity index is 1.92. The maximum Gasteiger partial charge on any atom is 0.232 e. The van der Waals surface area contributed by atoms with Crippen LogP contribution in [-0.2, 0) is 0 Å². The van der Waals surface area contributed by atoms with E-state index in [4.69, 9.17) is 4.52 Å². The molecule has 0 amide bonds. The maximum atomic E-state index is 13.1. The van der Waals surface area contributed by atoms with Crippen LogP contribution >= 0.6 is 0 Å². The Labute approximate surface area is 97.8 Å². The van der Waals surface area contributed by atoms with Gasteiger partial charge in [0.05, 0.1) is 5.92 Å². The summed E-state index contributed by atoms with van der Waals surface area (Å²) in [6.07, 6.45) is 0. The maximum absolute atomic E-state index is 13.1. The fourth-order valence-electron chi connectivity index (χ4n) is 1.77. The molecule has 1 aliphatic heterocycles. The van der Waals surface area contributed by atoms with Crippen LogP contribution in [0, 0.1) is 12.7 Å².